The fourth-order valence-corrected chi connectivity index (χ4v) is 0.302. The second-order valence-corrected chi connectivity index (χ2v) is 1.29. The van der Waals surface area contributed by atoms with E-state index in [0.29, 0.717) is 0 Å². The van der Waals surface area contributed by atoms with Gasteiger partial charge in [0, 0.05) is 0 Å². The molecule has 8 heteroatoms. The molecule has 0 aliphatic heterocycles. The molecule has 0 amide bonds. The maximum atomic E-state index is 8.14. The molecule has 0 spiro atoms. The Bertz CT molecular complexity index is 127. The third-order valence-electron chi connectivity index (χ3n) is 0.634. The van der Waals surface area contributed by atoms with Gasteiger partial charge in [-0.3, -0.25) is 0 Å². The summed E-state index contributed by atoms with van der Waals surface area (Å²) in [7, 11) is 4.09. The summed E-state index contributed by atoms with van der Waals surface area (Å²) in [5.41, 5.74) is 0. The summed E-state index contributed by atoms with van der Waals surface area (Å²) in [5, 5.41) is 8.14. The van der Waals surface area contributed by atoms with Gasteiger partial charge in [0.05, 0.1) is 0 Å². The van der Waals surface area contributed by atoms with E-state index in [2.05, 4.69) is 4.65 Å². The van der Waals surface area contributed by atoms with Crippen LogP contribution in [0.25, 0.3) is 0 Å². The molecule has 0 fully saturated rings. The first-order valence-electron chi connectivity index (χ1n) is 2.57. The quantitative estimate of drug-likeness (QED) is 0.402. The summed E-state index contributed by atoms with van der Waals surface area (Å²) in [5.74, 6) is 0. The van der Waals surface area contributed by atoms with Gasteiger partial charge in [0.25, 0.3) is 0 Å². The van der Waals surface area contributed by atoms with Gasteiger partial charge in [0.1, 0.15) is 0 Å². The predicted molar refractivity (Wildman–Crippen MR) is 43.8 cm³/mol. The molecule has 0 aliphatic carbocycles. The van der Waals surface area contributed by atoms with E-state index < -0.39 is 0 Å². The number of rotatable bonds is 3. The zero-order valence-corrected chi connectivity index (χ0v) is 5.32. The molecule has 2 nitrogen and oxygen atoms in total. The molecule has 1 N–H and O–H groups in total. The molecule has 9 heavy (non-hydrogen) atoms. The van der Waals surface area contributed by atoms with Gasteiger partial charge in [-0.25, -0.2) is 0 Å². The monoisotopic (exact) mass is 114 g/mol. The van der Waals surface area contributed by atoms with Crippen molar-refractivity contribution in [3.63, 3.8) is 0 Å². The van der Waals surface area contributed by atoms with Gasteiger partial charge in [-0.15, -0.1) is 0 Å². The minimum absolute atomic E-state index is 0.969. The van der Waals surface area contributed by atoms with Crippen molar-refractivity contribution < 1.29 is 9.68 Å². The van der Waals surface area contributed by atoms with E-state index in [1.807, 2.05) is 0 Å². The van der Waals surface area contributed by atoms with E-state index in [-0.39, 0.29) is 0 Å². The van der Waals surface area contributed by atoms with Crippen molar-refractivity contribution in [3.05, 3.63) is 0 Å². The summed E-state index contributed by atoms with van der Waals surface area (Å²) >= 11 is 0. The molecule has 0 unspecified atom stereocenters. The topological polar surface area (TPSA) is 29.5 Å². The first-order chi connectivity index (χ1) is 4.41. The Balaban J connectivity index is 3.35. The zero-order valence-electron chi connectivity index (χ0n) is 5.32. The van der Waals surface area contributed by atoms with Crippen molar-refractivity contribution in [2.24, 2.45) is 0 Å². The Morgan fingerprint density at radius 1 is 1.11 bits per heavy atom. The molecule has 0 aliphatic rings. The first-order valence-corrected chi connectivity index (χ1v) is 2.57. The number of hydrogen-bond acceptors (Lipinski definition) is 2. The third-order valence-corrected chi connectivity index (χ3v) is 0.634. The molecule has 0 bridgehead atoms. The van der Waals surface area contributed by atoms with Crippen LogP contribution in [0, 0.1) is 0 Å². The Kier molecular flexibility index (Phi) is 7.98. The van der Waals surface area contributed by atoms with Gasteiger partial charge in [-0.1, -0.05) is 0 Å². The van der Waals surface area contributed by atoms with Crippen LogP contribution in [-0.2, 0) is 4.65 Å². The molecule has 0 aromatic heterocycles. The van der Waals surface area contributed by atoms with Crippen molar-refractivity contribution in [2.75, 3.05) is 7.11 Å². The SMILES string of the molecule is COB=BB=BB=BO. The molecule has 0 radical (unpaired) electrons. The van der Waals surface area contributed by atoms with E-state index in [0.717, 1.165) is 7.00 Å². The van der Waals surface area contributed by atoms with Gasteiger partial charge in [0.2, 0.25) is 0 Å². The van der Waals surface area contributed by atoms with Crippen LogP contribution >= 0.6 is 0 Å². The van der Waals surface area contributed by atoms with Crippen LogP contribution in [0.5, 0.6) is 0 Å². The van der Waals surface area contributed by atoms with Crippen LogP contribution in [-0.4, -0.2) is 52.9 Å². The van der Waals surface area contributed by atoms with Gasteiger partial charge >= 0.3 is 57.6 Å². The summed E-state index contributed by atoms with van der Waals surface area (Å²) < 4.78 is 4.60. The Morgan fingerprint density at radius 2 is 1.78 bits per heavy atom. The fraction of sp³-hybridized carbons (Fsp3) is 1.00. The number of hydrogen-bond donors (Lipinski definition) is 1. The molecular formula is CH4B6O2. The van der Waals surface area contributed by atoms with Gasteiger partial charge < -0.3 is 0 Å². The molecule has 38 valence electrons. The molecule has 0 saturated carbocycles. The van der Waals surface area contributed by atoms with Gasteiger partial charge in [0.15, 0.2) is 0 Å². The van der Waals surface area contributed by atoms with Crippen LogP contribution in [0.2, 0.25) is 0 Å². The summed E-state index contributed by atoms with van der Waals surface area (Å²) in [4.78, 5) is 0. The van der Waals surface area contributed by atoms with Gasteiger partial charge in [-0.2, -0.15) is 0 Å². The third kappa shape index (κ3) is 7.99. The van der Waals surface area contributed by atoms with Crippen molar-refractivity contribution in [2.45, 2.75) is 0 Å². The summed E-state index contributed by atoms with van der Waals surface area (Å²) in [6, 6.07) is 0. The van der Waals surface area contributed by atoms with E-state index >= 15 is 0 Å². The predicted octanol–water partition coefficient (Wildman–Crippen LogP) is -2.74. The normalized spacial score (nSPS) is 6.78. The van der Waals surface area contributed by atoms with Crippen LogP contribution in [0.3, 0.4) is 0 Å². The molecule has 0 atom stereocenters. The Hall–Kier alpha value is -0.0104. The van der Waals surface area contributed by atoms with Crippen molar-refractivity contribution in [1.82, 2.24) is 0 Å². The van der Waals surface area contributed by atoms with Crippen LogP contribution in [0.1, 0.15) is 0 Å². The standard InChI is InChI=1S/CH4B6O2/c1-9-7-5-3-2-4-6-8/h8H,1H3. The second kappa shape index (κ2) is 7.99. The summed E-state index contributed by atoms with van der Waals surface area (Å²) in [6.07, 6.45) is 0. The van der Waals surface area contributed by atoms with Crippen LogP contribution < -0.4 is 0 Å². The van der Waals surface area contributed by atoms with E-state index in [9.17, 15) is 0 Å². The van der Waals surface area contributed by atoms with Crippen molar-refractivity contribution in [3.8, 4) is 0 Å². The van der Waals surface area contributed by atoms with E-state index in [4.69, 9.17) is 5.02 Å². The molecule has 0 rings (SSSR count). The Morgan fingerprint density at radius 3 is 2.33 bits per heavy atom. The molecular weight excluding hydrogens is 109 g/mol. The van der Waals surface area contributed by atoms with Crippen molar-refractivity contribution >= 4 is 40.8 Å². The first kappa shape index (κ1) is 8.99. The average Bonchev–Trinajstić information content (AvgIpc) is 1.89. The van der Waals surface area contributed by atoms with Crippen LogP contribution in [0.15, 0.2) is 0 Å². The average molecular weight is 113 g/mol. The second-order valence-electron chi connectivity index (χ2n) is 1.29. The van der Waals surface area contributed by atoms with E-state index in [1.165, 1.54) is 6.69 Å². The summed E-state index contributed by atoms with van der Waals surface area (Å²) in [6.45, 7) is 6.67. The molecule has 0 aromatic rings. The fourth-order valence-electron chi connectivity index (χ4n) is 0.302. The maximum absolute atomic E-state index is 8.14. The molecule has 0 heterocycles. The van der Waals surface area contributed by atoms with E-state index in [1.54, 1.807) is 34.2 Å². The Labute approximate surface area is 58.3 Å². The molecule has 0 saturated heterocycles. The van der Waals surface area contributed by atoms with Crippen LogP contribution in [0.4, 0.5) is 0 Å². The molecule has 0 aromatic carbocycles. The van der Waals surface area contributed by atoms with Crippen molar-refractivity contribution in [1.29, 1.82) is 0 Å². The zero-order chi connectivity index (χ0) is 6.95. The van der Waals surface area contributed by atoms with Gasteiger partial charge in [-0.05, 0) is 0 Å². The minimum atomic E-state index is 0.969.